The Hall–Kier alpha value is 1.90. The van der Waals surface area contributed by atoms with Crippen LogP contribution in [0.2, 0.25) is 0 Å². The summed E-state index contributed by atoms with van der Waals surface area (Å²) in [5.41, 5.74) is 0. The van der Waals surface area contributed by atoms with Gasteiger partial charge in [-0.2, -0.15) is 0 Å². The third-order valence-corrected chi connectivity index (χ3v) is 0. The van der Waals surface area contributed by atoms with Crippen LogP contribution < -0.4 is 0 Å². The third-order valence-electron chi connectivity index (χ3n) is 0. The van der Waals surface area contributed by atoms with Gasteiger partial charge in [0.05, 0.1) is 0 Å². The van der Waals surface area contributed by atoms with Gasteiger partial charge < -0.3 is 0 Å². The van der Waals surface area contributed by atoms with Crippen LogP contribution in [0, 0.1) is 0 Å². The molecule has 0 spiro atoms. The summed E-state index contributed by atoms with van der Waals surface area (Å²) >= 11 is 0.125. The molecule has 4 heavy (non-hydrogen) atoms. The second-order valence-corrected chi connectivity index (χ2v) is 0. The Morgan fingerprint density at radius 1 is 1.25 bits per heavy atom. The molecule has 0 heterocycles. The Balaban J connectivity index is -0.00000000500. The van der Waals surface area contributed by atoms with Gasteiger partial charge in [-0.15, -0.1) is 0 Å². The first-order chi connectivity index (χ1) is 1.00. The monoisotopic (exact) mass is 178 g/mol. The van der Waals surface area contributed by atoms with Crippen LogP contribution in [0.5, 0.6) is 0 Å². The minimum absolute atomic E-state index is 0. The molecule has 0 N–H and O–H groups in total. The predicted molar refractivity (Wildman–Crippen MR) is 7.84 cm³/mol. The SMILES string of the molecule is [LiH].[O]=[Zn].[Zr]. The summed E-state index contributed by atoms with van der Waals surface area (Å²) in [6.07, 6.45) is 0. The molecule has 0 bridgehead atoms. The van der Waals surface area contributed by atoms with E-state index in [1.54, 1.807) is 0 Å². The molecule has 4 heteroatoms. The zero-order valence-corrected chi connectivity index (χ0v) is 7.04. The minimum Gasteiger partial charge on any atom is 0 e. The predicted octanol–water partition coefficient (Wildman–Crippen LogP) is -0.772. The molecule has 0 aromatic carbocycles. The summed E-state index contributed by atoms with van der Waals surface area (Å²) in [6, 6.07) is 0. The van der Waals surface area contributed by atoms with Crippen molar-refractivity contribution < 1.29 is 48.0 Å². The van der Waals surface area contributed by atoms with Crippen LogP contribution in [0.3, 0.4) is 0 Å². The van der Waals surface area contributed by atoms with Crippen LogP contribution in [0.1, 0.15) is 0 Å². The van der Waals surface area contributed by atoms with Gasteiger partial charge in [-0.1, -0.05) is 0 Å². The summed E-state index contributed by atoms with van der Waals surface area (Å²) in [5, 5.41) is 0. The Morgan fingerprint density at radius 2 is 1.25 bits per heavy atom. The van der Waals surface area contributed by atoms with Crippen molar-refractivity contribution in [2.45, 2.75) is 0 Å². The first-order valence-electron chi connectivity index (χ1n) is 0.289. The molecular weight excluding hydrogens is 180 g/mol. The van der Waals surface area contributed by atoms with Gasteiger partial charge in [-0.25, -0.2) is 0 Å². The number of hydrogen-bond acceptors (Lipinski definition) is 1. The first kappa shape index (κ1) is 16.8. The van der Waals surface area contributed by atoms with E-state index >= 15 is 0 Å². The van der Waals surface area contributed by atoms with E-state index in [1.165, 1.54) is 0 Å². The van der Waals surface area contributed by atoms with Crippen LogP contribution in [-0.4, -0.2) is 18.9 Å². The second-order valence-electron chi connectivity index (χ2n) is 0. The van der Waals surface area contributed by atoms with E-state index in [-0.39, 0.29) is 63.3 Å². The summed E-state index contributed by atoms with van der Waals surface area (Å²) in [7, 11) is 0. The van der Waals surface area contributed by atoms with Crippen molar-refractivity contribution >= 4 is 18.9 Å². The molecule has 0 aliphatic heterocycles. The van der Waals surface area contributed by atoms with Crippen LogP contribution in [0.4, 0.5) is 0 Å². The minimum atomic E-state index is 0. The fourth-order valence-corrected chi connectivity index (χ4v) is 0. The van der Waals surface area contributed by atoms with Gasteiger partial charge >= 0.3 is 40.7 Å². The molecule has 0 fully saturated rings. The van der Waals surface area contributed by atoms with Crippen molar-refractivity contribution in [2.75, 3.05) is 0 Å². The Morgan fingerprint density at radius 3 is 1.25 bits per heavy atom. The van der Waals surface area contributed by atoms with E-state index in [1.807, 2.05) is 0 Å². The van der Waals surface area contributed by atoms with Crippen molar-refractivity contribution in [1.29, 1.82) is 0 Å². The maximum Gasteiger partial charge on any atom is 0 e. The summed E-state index contributed by atoms with van der Waals surface area (Å²) in [4.78, 5) is 0. The first-order valence-corrected chi connectivity index (χ1v) is 1.50. The smallest absolute Gasteiger partial charge is 0 e. The van der Waals surface area contributed by atoms with Gasteiger partial charge in [0, 0.05) is 26.2 Å². The maximum atomic E-state index is 8.38. The molecule has 0 unspecified atom stereocenters. The van der Waals surface area contributed by atoms with E-state index in [2.05, 4.69) is 0 Å². The summed E-state index contributed by atoms with van der Waals surface area (Å²) < 4.78 is 8.38. The molecule has 0 aliphatic rings. The average molecular weight is 181 g/mol. The van der Waals surface area contributed by atoms with E-state index in [9.17, 15) is 0 Å². The van der Waals surface area contributed by atoms with Gasteiger partial charge in [-0.05, 0) is 0 Å². The number of rotatable bonds is 0. The van der Waals surface area contributed by atoms with Gasteiger partial charge in [0.15, 0.2) is 0 Å². The Kier molecular flexibility index (Phi) is 86.8. The summed E-state index contributed by atoms with van der Waals surface area (Å²) in [6.45, 7) is 0. The molecule has 1 nitrogen and oxygen atoms in total. The van der Waals surface area contributed by atoms with Crippen LogP contribution in [0.25, 0.3) is 0 Å². The average Bonchev–Trinajstić information content (AvgIpc) is 1.00. The van der Waals surface area contributed by atoms with Crippen molar-refractivity contribution in [3.63, 3.8) is 0 Å². The normalized spacial score (nSPS) is 1.50. The van der Waals surface area contributed by atoms with Crippen molar-refractivity contribution in [2.24, 2.45) is 0 Å². The Bertz CT molecular complexity index is 8.00. The second kappa shape index (κ2) is 20.6. The maximum absolute atomic E-state index is 8.38. The largest absolute Gasteiger partial charge is 0 e. The van der Waals surface area contributed by atoms with Crippen molar-refractivity contribution in [3.8, 4) is 0 Å². The quantitative estimate of drug-likeness (QED) is 0.448. The molecule has 0 amide bonds. The molecule has 0 saturated heterocycles. The van der Waals surface area contributed by atoms with Gasteiger partial charge in [0.1, 0.15) is 0 Å². The molecule has 0 aromatic heterocycles. The zero-order valence-electron chi connectivity index (χ0n) is 1.62. The van der Waals surface area contributed by atoms with Crippen molar-refractivity contribution in [1.82, 2.24) is 0 Å². The van der Waals surface area contributed by atoms with E-state index in [0.29, 0.717) is 0 Å². The van der Waals surface area contributed by atoms with Gasteiger partial charge in [0.25, 0.3) is 0 Å². The van der Waals surface area contributed by atoms with Gasteiger partial charge in [0.2, 0.25) is 0 Å². The number of hydrogen-bond donors (Lipinski definition) is 0. The fraction of sp³-hybridized carbons (Fsp3) is 0. The molecule has 0 aromatic rings. The third kappa shape index (κ3) is 9.08. The molecule has 14 valence electrons. The standard InChI is InChI=1S/Li.O.Zn.Zr.H. The van der Waals surface area contributed by atoms with E-state index < -0.39 is 0 Å². The molecule has 0 radical (unpaired) electrons. The van der Waals surface area contributed by atoms with E-state index in [4.69, 9.17) is 3.57 Å². The molecule has 0 atom stereocenters. The van der Waals surface area contributed by atoms with Crippen LogP contribution in [-0.2, 0) is 48.0 Å². The van der Waals surface area contributed by atoms with Crippen molar-refractivity contribution in [3.05, 3.63) is 0 Å². The molecular formula is HLiOZnZr. The van der Waals surface area contributed by atoms with E-state index in [0.717, 1.165) is 0 Å². The zero-order chi connectivity index (χ0) is 2.00. The Labute approximate surface area is 66.2 Å². The molecule has 0 aliphatic carbocycles. The fourth-order valence-electron chi connectivity index (χ4n) is 0. The summed E-state index contributed by atoms with van der Waals surface area (Å²) in [5.74, 6) is 0. The molecule has 0 saturated carbocycles. The molecule has 0 rings (SSSR count). The van der Waals surface area contributed by atoms with Crippen LogP contribution >= 0.6 is 0 Å². The van der Waals surface area contributed by atoms with Gasteiger partial charge in [-0.3, -0.25) is 0 Å². The topological polar surface area (TPSA) is 17.1 Å². The van der Waals surface area contributed by atoms with Crippen LogP contribution in [0.15, 0.2) is 0 Å².